The van der Waals surface area contributed by atoms with Crippen molar-refractivity contribution in [3.63, 3.8) is 0 Å². The molecular weight excluding hydrogens is 387 g/mol. The van der Waals surface area contributed by atoms with E-state index in [9.17, 15) is 18.0 Å². The van der Waals surface area contributed by atoms with Crippen LogP contribution in [0.3, 0.4) is 0 Å². The summed E-state index contributed by atoms with van der Waals surface area (Å²) >= 11 is 0. The van der Waals surface area contributed by atoms with Crippen LogP contribution in [0.1, 0.15) is 33.6 Å². The Kier molecular flexibility index (Phi) is 5.41. The molecule has 150 valence electrons. The summed E-state index contributed by atoms with van der Waals surface area (Å²) in [7, 11) is 0. The third-order valence-corrected chi connectivity index (χ3v) is 4.52. The van der Waals surface area contributed by atoms with Crippen LogP contribution in [0.15, 0.2) is 35.5 Å². The lowest BCUT2D eigenvalue weighted by atomic mass is 9.86. The van der Waals surface area contributed by atoms with Gasteiger partial charge < -0.3 is 15.8 Å². The summed E-state index contributed by atoms with van der Waals surface area (Å²) in [6.45, 7) is 1.45. The monoisotopic (exact) mass is 403 g/mol. The minimum Gasteiger partial charge on any atom is -0.465 e. The molecule has 1 amide bonds. The van der Waals surface area contributed by atoms with Crippen molar-refractivity contribution < 1.29 is 22.7 Å². The number of halogens is 3. The Morgan fingerprint density at radius 3 is 2.79 bits per heavy atom. The van der Waals surface area contributed by atoms with Crippen molar-refractivity contribution in [3.8, 4) is 6.07 Å². The summed E-state index contributed by atoms with van der Waals surface area (Å²) in [6, 6.07) is 6.25. The molecule has 1 atom stereocenters. The van der Waals surface area contributed by atoms with Crippen LogP contribution in [0.25, 0.3) is 0 Å². The molecule has 7 nitrogen and oxygen atoms in total. The number of aromatic nitrogens is 1. The predicted molar refractivity (Wildman–Crippen MR) is 97.9 cm³/mol. The first-order valence-electron chi connectivity index (χ1n) is 8.51. The number of ether oxygens (including phenoxy) is 1. The second-order valence-corrected chi connectivity index (χ2v) is 6.42. The summed E-state index contributed by atoms with van der Waals surface area (Å²) in [5, 5.41) is 11.4. The van der Waals surface area contributed by atoms with Crippen molar-refractivity contribution in [2.24, 2.45) is 10.7 Å². The van der Waals surface area contributed by atoms with E-state index in [1.165, 1.54) is 18.3 Å². The van der Waals surface area contributed by atoms with Gasteiger partial charge in [0.05, 0.1) is 12.2 Å². The van der Waals surface area contributed by atoms with E-state index in [0.717, 1.165) is 12.1 Å². The smallest absolute Gasteiger partial charge is 0.283 e. The van der Waals surface area contributed by atoms with Crippen LogP contribution in [-0.2, 0) is 10.3 Å². The first kappa shape index (κ1) is 20.1. The number of nitrogens with zero attached hydrogens (tertiary/aromatic N) is 3. The molecule has 2 aromatic rings. The number of benzene rings is 1. The molecule has 3 N–H and O–H groups in total. The van der Waals surface area contributed by atoms with Crippen LogP contribution in [0.2, 0.25) is 0 Å². The van der Waals surface area contributed by atoms with E-state index in [1.807, 2.05) is 6.07 Å². The number of carbonyl (C=O) groups excluding carboxylic acids is 1. The molecular formula is C19H16F3N5O2. The molecule has 0 aliphatic carbocycles. The first-order valence-corrected chi connectivity index (χ1v) is 8.51. The van der Waals surface area contributed by atoms with Crippen LogP contribution in [-0.4, -0.2) is 29.9 Å². The Labute approximate surface area is 164 Å². The number of amidine groups is 1. The number of aryl methyl sites for hydroxylation is 1. The Morgan fingerprint density at radius 2 is 2.17 bits per heavy atom. The van der Waals surface area contributed by atoms with Crippen molar-refractivity contribution in [1.29, 1.82) is 5.26 Å². The van der Waals surface area contributed by atoms with E-state index in [2.05, 4.69) is 15.3 Å². The fourth-order valence-electron chi connectivity index (χ4n) is 3.07. The van der Waals surface area contributed by atoms with Crippen LogP contribution < -0.4 is 11.1 Å². The van der Waals surface area contributed by atoms with Crippen LogP contribution >= 0.6 is 0 Å². The minimum atomic E-state index is -3.05. The summed E-state index contributed by atoms with van der Waals surface area (Å²) < 4.78 is 47.1. The second kappa shape index (κ2) is 7.79. The van der Waals surface area contributed by atoms with E-state index in [1.54, 1.807) is 6.92 Å². The molecule has 0 fully saturated rings. The van der Waals surface area contributed by atoms with Gasteiger partial charge in [-0.05, 0) is 36.8 Å². The zero-order valence-electron chi connectivity index (χ0n) is 15.2. The van der Waals surface area contributed by atoms with Gasteiger partial charge in [0.25, 0.3) is 18.4 Å². The van der Waals surface area contributed by atoms with Gasteiger partial charge in [-0.25, -0.2) is 23.1 Å². The molecule has 3 rings (SSSR count). The molecule has 10 heteroatoms. The van der Waals surface area contributed by atoms with Crippen molar-refractivity contribution in [1.82, 2.24) is 4.98 Å². The molecule has 29 heavy (non-hydrogen) atoms. The fourth-order valence-corrected chi connectivity index (χ4v) is 3.07. The number of amides is 1. The molecule has 1 aromatic carbocycles. The molecule has 0 spiro atoms. The van der Waals surface area contributed by atoms with Gasteiger partial charge in [-0.1, -0.05) is 0 Å². The zero-order valence-corrected chi connectivity index (χ0v) is 15.2. The molecule has 1 aromatic heterocycles. The highest BCUT2D eigenvalue weighted by molar-refractivity contribution is 6.03. The SMILES string of the molecule is Cc1cc(C#N)cnc1C(=O)Nc1ccc(F)c([C@]2(C(F)F)CCOC(N)=N2)c1. The lowest BCUT2D eigenvalue weighted by Gasteiger charge is -2.33. The van der Waals surface area contributed by atoms with Crippen LogP contribution in [0.5, 0.6) is 0 Å². The predicted octanol–water partition coefficient (Wildman–Crippen LogP) is 2.85. The van der Waals surface area contributed by atoms with Crippen LogP contribution in [0, 0.1) is 24.1 Å². The molecule has 0 saturated heterocycles. The summed E-state index contributed by atoms with van der Waals surface area (Å²) in [5.74, 6) is -1.54. The highest BCUT2D eigenvalue weighted by Gasteiger charge is 2.46. The largest absolute Gasteiger partial charge is 0.465 e. The van der Waals surface area contributed by atoms with Gasteiger partial charge in [0, 0.05) is 23.9 Å². The molecule has 1 aliphatic heterocycles. The van der Waals surface area contributed by atoms with Crippen LogP contribution in [0.4, 0.5) is 18.9 Å². The minimum absolute atomic E-state index is 0.0479. The Balaban J connectivity index is 1.96. The standard InChI is InChI=1S/C19H16F3N5O2/c1-10-6-11(8-23)9-25-15(10)16(28)26-12-2-3-14(20)13(7-12)19(17(21)22)4-5-29-18(24)27-19/h2-3,6-7,9,17H,4-5H2,1H3,(H2,24,27)(H,26,28)/t19-/m0/s1. The maximum atomic E-state index is 14.5. The van der Waals surface area contributed by atoms with E-state index in [4.69, 9.17) is 15.7 Å². The van der Waals surface area contributed by atoms with Crippen molar-refractivity contribution >= 4 is 17.6 Å². The number of carbonyl (C=O) groups is 1. The topological polar surface area (TPSA) is 113 Å². The zero-order chi connectivity index (χ0) is 21.2. The van der Waals surface area contributed by atoms with Gasteiger partial charge in [0.2, 0.25) is 0 Å². The number of hydrogen-bond acceptors (Lipinski definition) is 6. The maximum Gasteiger partial charge on any atom is 0.283 e. The number of nitrogens with one attached hydrogen (secondary N) is 1. The Hall–Kier alpha value is -3.61. The summed E-state index contributed by atoms with van der Waals surface area (Å²) in [6.07, 6.45) is -2.09. The van der Waals surface area contributed by atoms with Gasteiger partial charge in [0.15, 0.2) is 5.54 Å². The average Bonchev–Trinajstić information content (AvgIpc) is 2.68. The number of nitriles is 1. The van der Waals surface area contributed by atoms with Crippen molar-refractivity contribution in [2.75, 3.05) is 11.9 Å². The van der Waals surface area contributed by atoms with Gasteiger partial charge in [0.1, 0.15) is 17.6 Å². The molecule has 0 saturated carbocycles. The number of aliphatic imine (C=N–C) groups is 1. The molecule has 0 radical (unpaired) electrons. The fraction of sp³-hybridized carbons (Fsp3) is 0.263. The molecule has 2 heterocycles. The third kappa shape index (κ3) is 3.85. The average molecular weight is 403 g/mol. The molecule has 0 unspecified atom stereocenters. The quantitative estimate of drug-likeness (QED) is 0.815. The lowest BCUT2D eigenvalue weighted by molar-refractivity contribution is 0.0247. The van der Waals surface area contributed by atoms with E-state index >= 15 is 0 Å². The summed E-state index contributed by atoms with van der Waals surface area (Å²) in [4.78, 5) is 20.1. The maximum absolute atomic E-state index is 14.5. The molecule has 0 bridgehead atoms. The summed E-state index contributed by atoms with van der Waals surface area (Å²) in [5.41, 5.74) is 3.70. The normalized spacial score (nSPS) is 18.6. The van der Waals surface area contributed by atoms with E-state index in [0.29, 0.717) is 5.56 Å². The van der Waals surface area contributed by atoms with E-state index < -0.39 is 35.3 Å². The lowest BCUT2D eigenvalue weighted by Crippen LogP contribution is -2.41. The Bertz CT molecular complexity index is 1030. The van der Waals surface area contributed by atoms with Crippen molar-refractivity contribution in [3.05, 3.63) is 58.7 Å². The number of alkyl halides is 2. The first-order chi connectivity index (χ1) is 13.8. The second-order valence-electron chi connectivity index (χ2n) is 6.42. The number of anilines is 1. The number of rotatable bonds is 4. The van der Waals surface area contributed by atoms with E-state index in [-0.39, 0.29) is 30.0 Å². The van der Waals surface area contributed by atoms with Gasteiger partial charge >= 0.3 is 0 Å². The molecule has 1 aliphatic rings. The van der Waals surface area contributed by atoms with Crippen molar-refractivity contribution in [2.45, 2.75) is 25.3 Å². The van der Waals surface area contributed by atoms with Gasteiger partial charge in [-0.15, -0.1) is 0 Å². The van der Waals surface area contributed by atoms with Gasteiger partial charge in [-0.2, -0.15) is 5.26 Å². The van der Waals surface area contributed by atoms with Gasteiger partial charge in [-0.3, -0.25) is 4.79 Å². The third-order valence-electron chi connectivity index (χ3n) is 4.52. The highest BCUT2D eigenvalue weighted by Crippen LogP contribution is 2.40. The number of nitrogens with two attached hydrogens (primary N) is 1. The Morgan fingerprint density at radius 1 is 1.41 bits per heavy atom. The number of pyridine rings is 1. The highest BCUT2D eigenvalue weighted by atomic mass is 19.3. The number of hydrogen-bond donors (Lipinski definition) is 2.